The molecule has 3 rings (SSSR count). The van der Waals surface area contributed by atoms with Gasteiger partial charge >= 0.3 is 0 Å². The van der Waals surface area contributed by atoms with Crippen LogP contribution in [0.3, 0.4) is 0 Å². The minimum absolute atomic E-state index is 0.0606. The number of aliphatic hydroxyl groups is 1. The second kappa shape index (κ2) is 5.71. The van der Waals surface area contributed by atoms with Gasteiger partial charge in [-0.25, -0.2) is 0 Å². The molecule has 1 aromatic heterocycles. The van der Waals surface area contributed by atoms with Crippen LogP contribution >= 0.6 is 11.3 Å². The summed E-state index contributed by atoms with van der Waals surface area (Å²) in [6.45, 7) is 4.93. The second-order valence-corrected chi connectivity index (χ2v) is 7.41. The number of fused-ring (bicyclic) bond motifs is 1. The predicted molar refractivity (Wildman–Crippen MR) is 82.8 cm³/mol. The molecule has 2 aliphatic rings. The Morgan fingerprint density at radius 2 is 2.38 bits per heavy atom. The van der Waals surface area contributed by atoms with E-state index in [1.165, 1.54) is 10.4 Å². The van der Waals surface area contributed by atoms with Crippen LogP contribution in [-0.4, -0.2) is 35.9 Å². The van der Waals surface area contributed by atoms with Crippen LogP contribution in [0.2, 0.25) is 0 Å². The number of thiophene rings is 1. The van der Waals surface area contributed by atoms with Gasteiger partial charge in [0.2, 0.25) is 0 Å². The van der Waals surface area contributed by atoms with Crippen molar-refractivity contribution in [1.29, 1.82) is 0 Å². The Morgan fingerprint density at radius 1 is 1.57 bits per heavy atom. The highest BCUT2D eigenvalue weighted by Gasteiger charge is 2.39. The van der Waals surface area contributed by atoms with E-state index in [0.29, 0.717) is 18.9 Å². The molecule has 0 saturated carbocycles. The molecule has 1 amide bonds. The molecule has 2 heterocycles. The molecule has 1 aliphatic carbocycles. The molecule has 3 atom stereocenters. The first kappa shape index (κ1) is 15.0. The Hall–Kier alpha value is -0.910. The van der Waals surface area contributed by atoms with Crippen molar-refractivity contribution in [3.05, 3.63) is 21.4 Å². The van der Waals surface area contributed by atoms with Crippen LogP contribution in [-0.2, 0) is 17.6 Å². The van der Waals surface area contributed by atoms with Gasteiger partial charge in [-0.3, -0.25) is 4.79 Å². The lowest BCUT2D eigenvalue weighted by atomic mass is 9.88. The SMILES string of the molecule is CC1CCc2c(C(=O)NCC3(O)CCOC3C)csc2C1. The third-order valence-electron chi connectivity index (χ3n) is 4.86. The average Bonchev–Trinajstić information content (AvgIpc) is 3.01. The lowest BCUT2D eigenvalue weighted by molar-refractivity contribution is -0.0251. The van der Waals surface area contributed by atoms with Gasteiger partial charge < -0.3 is 15.2 Å². The third kappa shape index (κ3) is 2.87. The summed E-state index contributed by atoms with van der Waals surface area (Å²) in [4.78, 5) is 13.8. The van der Waals surface area contributed by atoms with Gasteiger partial charge in [-0.1, -0.05) is 6.92 Å². The quantitative estimate of drug-likeness (QED) is 0.899. The first-order valence-electron chi connectivity index (χ1n) is 7.71. The van der Waals surface area contributed by atoms with E-state index in [1.54, 1.807) is 11.3 Å². The topological polar surface area (TPSA) is 58.6 Å². The van der Waals surface area contributed by atoms with Gasteiger partial charge in [0.25, 0.3) is 5.91 Å². The molecule has 0 bridgehead atoms. The number of hydrogen-bond acceptors (Lipinski definition) is 4. The maximum atomic E-state index is 12.4. The monoisotopic (exact) mass is 309 g/mol. The van der Waals surface area contributed by atoms with E-state index >= 15 is 0 Å². The van der Waals surface area contributed by atoms with Crippen LogP contribution in [0.5, 0.6) is 0 Å². The number of carbonyl (C=O) groups is 1. The lowest BCUT2D eigenvalue weighted by Gasteiger charge is -2.26. The molecule has 3 unspecified atom stereocenters. The fourth-order valence-electron chi connectivity index (χ4n) is 3.20. The van der Waals surface area contributed by atoms with Crippen molar-refractivity contribution in [2.45, 2.75) is 51.2 Å². The van der Waals surface area contributed by atoms with Gasteiger partial charge in [0.15, 0.2) is 0 Å². The van der Waals surface area contributed by atoms with Crippen LogP contribution in [0.4, 0.5) is 0 Å². The van der Waals surface area contributed by atoms with Crippen molar-refractivity contribution >= 4 is 17.2 Å². The van der Waals surface area contributed by atoms with Crippen molar-refractivity contribution in [3.8, 4) is 0 Å². The molecule has 21 heavy (non-hydrogen) atoms. The molecule has 1 fully saturated rings. The molecule has 2 N–H and O–H groups in total. The highest BCUT2D eigenvalue weighted by atomic mass is 32.1. The van der Waals surface area contributed by atoms with E-state index in [2.05, 4.69) is 12.2 Å². The summed E-state index contributed by atoms with van der Waals surface area (Å²) in [6, 6.07) is 0. The van der Waals surface area contributed by atoms with Crippen LogP contribution in [0.1, 0.15) is 47.5 Å². The zero-order chi connectivity index (χ0) is 15.0. The predicted octanol–water partition coefficient (Wildman–Crippen LogP) is 2.14. The Balaban J connectivity index is 1.67. The van der Waals surface area contributed by atoms with Gasteiger partial charge in [-0.05, 0) is 37.7 Å². The summed E-state index contributed by atoms with van der Waals surface area (Å²) >= 11 is 1.69. The maximum Gasteiger partial charge on any atom is 0.252 e. The van der Waals surface area contributed by atoms with E-state index in [1.807, 2.05) is 12.3 Å². The summed E-state index contributed by atoms with van der Waals surface area (Å²) < 4.78 is 5.39. The zero-order valence-electron chi connectivity index (χ0n) is 12.6. The molecule has 5 heteroatoms. The Labute approximate surface area is 129 Å². The van der Waals surface area contributed by atoms with Crippen molar-refractivity contribution in [3.63, 3.8) is 0 Å². The summed E-state index contributed by atoms with van der Waals surface area (Å²) in [5, 5.41) is 15.3. The van der Waals surface area contributed by atoms with Crippen LogP contribution in [0, 0.1) is 5.92 Å². The molecule has 0 aromatic carbocycles. The summed E-state index contributed by atoms with van der Waals surface area (Å²) in [7, 11) is 0. The molecule has 1 saturated heterocycles. The molecule has 4 nitrogen and oxygen atoms in total. The highest BCUT2D eigenvalue weighted by Crippen LogP contribution is 2.33. The summed E-state index contributed by atoms with van der Waals surface area (Å²) in [6.07, 6.45) is 3.58. The lowest BCUT2D eigenvalue weighted by Crippen LogP contribution is -2.47. The number of ether oxygens (including phenoxy) is 1. The number of rotatable bonds is 3. The molecular weight excluding hydrogens is 286 g/mol. The van der Waals surface area contributed by atoms with Crippen molar-refractivity contribution in [1.82, 2.24) is 5.32 Å². The molecule has 116 valence electrons. The molecule has 1 aromatic rings. The first-order chi connectivity index (χ1) is 9.99. The number of carbonyl (C=O) groups excluding carboxylic acids is 1. The van der Waals surface area contributed by atoms with Crippen LogP contribution in [0.25, 0.3) is 0 Å². The Morgan fingerprint density at radius 3 is 3.10 bits per heavy atom. The Kier molecular flexibility index (Phi) is 4.08. The van der Waals surface area contributed by atoms with Gasteiger partial charge in [0, 0.05) is 29.8 Å². The molecular formula is C16H23NO3S. The standard InChI is InChI=1S/C16H23NO3S/c1-10-3-4-12-13(8-21-14(12)7-10)15(18)17-9-16(19)5-6-20-11(16)2/h8,10-11,19H,3-7,9H2,1-2H3,(H,17,18). The fourth-order valence-corrected chi connectivity index (χ4v) is 4.44. The van der Waals surface area contributed by atoms with E-state index in [9.17, 15) is 9.90 Å². The zero-order valence-corrected chi connectivity index (χ0v) is 13.5. The second-order valence-electron chi connectivity index (χ2n) is 6.45. The number of nitrogens with one attached hydrogen (secondary N) is 1. The smallest absolute Gasteiger partial charge is 0.252 e. The van der Waals surface area contributed by atoms with Crippen molar-refractivity contribution in [2.75, 3.05) is 13.2 Å². The molecule has 0 radical (unpaired) electrons. The van der Waals surface area contributed by atoms with Crippen molar-refractivity contribution in [2.24, 2.45) is 5.92 Å². The van der Waals surface area contributed by atoms with Crippen LogP contribution < -0.4 is 5.32 Å². The molecule has 0 spiro atoms. The van der Waals surface area contributed by atoms with Gasteiger partial charge in [-0.2, -0.15) is 0 Å². The first-order valence-corrected chi connectivity index (χ1v) is 8.59. The van der Waals surface area contributed by atoms with E-state index in [0.717, 1.165) is 24.8 Å². The normalized spacial score (nSPS) is 32.0. The Bertz CT molecular complexity index is 542. The minimum Gasteiger partial charge on any atom is -0.385 e. The van der Waals surface area contributed by atoms with E-state index in [4.69, 9.17) is 4.74 Å². The molecule has 1 aliphatic heterocycles. The third-order valence-corrected chi connectivity index (χ3v) is 5.91. The summed E-state index contributed by atoms with van der Waals surface area (Å²) in [5.41, 5.74) is 1.09. The average molecular weight is 309 g/mol. The van der Waals surface area contributed by atoms with Crippen LogP contribution in [0.15, 0.2) is 5.38 Å². The summed E-state index contributed by atoms with van der Waals surface area (Å²) in [5.74, 6) is 0.652. The highest BCUT2D eigenvalue weighted by molar-refractivity contribution is 7.10. The maximum absolute atomic E-state index is 12.4. The number of amides is 1. The van der Waals surface area contributed by atoms with E-state index in [-0.39, 0.29) is 18.6 Å². The van der Waals surface area contributed by atoms with Crippen molar-refractivity contribution < 1.29 is 14.6 Å². The van der Waals surface area contributed by atoms with Gasteiger partial charge in [0.05, 0.1) is 11.7 Å². The fraction of sp³-hybridized carbons (Fsp3) is 0.688. The van der Waals surface area contributed by atoms with Gasteiger partial charge in [-0.15, -0.1) is 11.3 Å². The van der Waals surface area contributed by atoms with E-state index < -0.39 is 5.60 Å². The largest absolute Gasteiger partial charge is 0.385 e. The van der Waals surface area contributed by atoms with Gasteiger partial charge in [0.1, 0.15) is 5.60 Å². The number of hydrogen-bond donors (Lipinski definition) is 2. The minimum atomic E-state index is -0.930.